The summed E-state index contributed by atoms with van der Waals surface area (Å²) in [5.41, 5.74) is 3.73. The second kappa shape index (κ2) is 6.42. The lowest BCUT2D eigenvalue weighted by Crippen LogP contribution is -1.83. The molecule has 5 heteroatoms. The van der Waals surface area contributed by atoms with E-state index in [2.05, 4.69) is 25.9 Å². The molecule has 22 heavy (non-hydrogen) atoms. The lowest BCUT2D eigenvalue weighted by molar-refractivity contribution is 0.474. The van der Waals surface area contributed by atoms with Crippen molar-refractivity contribution in [1.29, 1.82) is 0 Å². The summed E-state index contributed by atoms with van der Waals surface area (Å²) in [6, 6.07) is 13.4. The maximum absolute atomic E-state index is 9.81. The molecule has 3 aromatic rings. The van der Waals surface area contributed by atoms with Crippen molar-refractivity contribution in [2.45, 2.75) is 6.92 Å². The van der Waals surface area contributed by atoms with Crippen molar-refractivity contribution in [2.75, 3.05) is 0 Å². The number of aryl methyl sites for hydroxylation is 1. The van der Waals surface area contributed by atoms with E-state index in [0.717, 1.165) is 21.3 Å². The van der Waals surface area contributed by atoms with E-state index >= 15 is 0 Å². The second-order valence-corrected chi connectivity index (χ2v) is 6.59. The Kier molecular flexibility index (Phi) is 4.36. The molecule has 0 unspecified atom stereocenters. The number of hydrogen-bond donors (Lipinski definition) is 1. The van der Waals surface area contributed by atoms with Gasteiger partial charge in [-0.15, -0.1) is 11.3 Å². The van der Waals surface area contributed by atoms with Crippen molar-refractivity contribution in [3.63, 3.8) is 0 Å². The summed E-state index contributed by atoms with van der Waals surface area (Å²) in [4.78, 5) is 8.86. The number of halogens is 1. The van der Waals surface area contributed by atoms with E-state index < -0.39 is 0 Å². The molecule has 2 aromatic carbocycles. The Morgan fingerprint density at radius 1 is 1.18 bits per heavy atom. The van der Waals surface area contributed by atoms with E-state index in [1.165, 1.54) is 11.3 Å². The Bertz CT molecular complexity index is 825. The molecule has 3 rings (SSSR count). The summed E-state index contributed by atoms with van der Waals surface area (Å²) in [6.07, 6.45) is 1.65. The van der Waals surface area contributed by atoms with Gasteiger partial charge in [0.15, 0.2) is 0 Å². The average Bonchev–Trinajstić information content (AvgIpc) is 2.98. The smallest absolute Gasteiger partial charge is 0.209 e. The minimum atomic E-state index is 0.221. The summed E-state index contributed by atoms with van der Waals surface area (Å²) in [5, 5.41) is 12.5. The molecule has 0 saturated carbocycles. The monoisotopic (exact) mass is 372 g/mol. The van der Waals surface area contributed by atoms with Crippen LogP contribution in [0.1, 0.15) is 11.1 Å². The van der Waals surface area contributed by atoms with Crippen molar-refractivity contribution in [2.24, 2.45) is 4.99 Å². The molecule has 0 amide bonds. The minimum Gasteiger partial charge on any atom is -0.507 e. The van der Waals surface area contributed by atoms with E-state index in [9.17, 15) is 5.11 Å². The van der Waals surface area contributed by atoms with Gasteiger partial charge in [-0.1, -0.05) is 39.7 Å². The number of aromatic hydroxyl groups is 1. The zero-order valence-electron chi connectivity index (χ0n) is 11.8. The quantitative estimate of drug-likeness (QED) is 0.630. The van der Waals surface area contributed by atoms with Crippen LogP contribution in [0, 0.1) is 6.92 Å². The molecule has 0 aliphatic heterocycles. The van der Waals surface area contributed by atoms with Crippen molar-refractivity contribution in [3.05, 3.63) is 63.4 Å². The predicted octanol–water partition coefficient (Wildman–Crippen LogP) is 5.34. The van der Waals surface area contributed by atoms with Gasteiger partial charge >= 0.3 is 0 Å². The predicted molar refractivity (Wildman–Crippen MR) is 95.3 cm³/mol. The molecular weight excluding hydrogens is 360 g/mol. The highest BCUT2D eigenvalue weighted by Gasteiger charge is 2.04. The van der Waals surface area contributed by atoms with E-state index in [-0.39, 0.29) is 5.75 Å². The zero-order chi connectivity index (χ0) is 15.5. The lowest BCUT2D eigenvalue weighted by atomic mass is 10.1. The van der Waals surface area contributed by atoms with Crippen molar-refractivity contribution in [1.82, 2.24) is 4.98 Å². The molecule has 0 atom stereocenters. The summed E-state index contributed by atoms with van der Waals surface area (Å²) in [6.45, 7) is 1.98. The summed E-state index contributed by atoms with van der Waals surface area (Å²) >= 11 is 4.90. The topological polar surface area (TPSA) is 45.5 Å². The van der Waals surface area contributed by atoms with E-state index in [1.54, 1.807) is 12.3 Å². The van der Waals surface area contributed by atoms with Crippen molar-refractivity contribution < 1.29 is 5.11 Å². The zero-order valence-corrected chi connectivity index (χ0v) is 14.2. The van der Waals surface area contributed by atoms with Crippen LogP contribution in [-0.2, 0) is 0 Å². The molecule has 0 fully saturated rings. The molecule has 0 aliphatic rings. The Hall–Kier alpha value is -1.98. The van der Waals surface area contributed by atoms with Crippen LogP contribution < -0.4 is 0 Å². The Balaban J connectivity index is 1.83. The molecule has 110 valence electrons. The van der Waals surface area contributed by atoms with Crippen LogP contribution in [-0.4, -0.2) is 16.3 Å². The molecule has 3 nitrogen and oxygen atoms in total. The number of phenolic OH excluding ortho intramolecular Hbond substituents is 1. The largest absolute Gasteiger partial charge is 0.507 e. The maximum atomic E-state index is 9.81. The van der Waals surface area contributed by atoms with Crippen LogP contribution in [0.3, 0.4) is 0 Å². The first-order valence-corrected chi connectivity index (χ1v) is 8.34. The first kappa shape index (κ1) is 14.9. The number of hydrogen-bond acceptors (Lipinski definition) is 4. The third kappa shape index (κ3) is 3.43. The van der Waals surface area contributed by atoms with Gasteiger partial charge in [0.05, 0.1) is 5.69 Å². The number of rotatable bonds is 3. The molecule has 1 aromatic heterocycles. The number of aliphatic imine (C=N–C) groups is 1. The summed E-state index contributed by atoms with van der Waals surface area (Å²) < 4.78 is 1.04. The van der Waals surface area contributed by atoms with Gasteiger partial charge in [-0.2, -0.15) is 0 Å². The van der Waals surface area contributed by atoms with Gasteiger partial charge in [0.25, 0.3) is 0 Å². The van der Waals surface area contributed by atoms with Crippen LogP contribution in [0.15, 0.2) is 57.3 Å². The molecule has 1 heterocycles. The van der Waals surface area contributed by atoms with Crippen LogP contribution >= 0.6 is 27.3 Å². The van der Waals surface area contributed by atoms with Gasteiger partial charge in [0.2, 0.25) is 5.13 Å². The van der Waals surface area contributed by atoms with Gasteiger partial charge in [0, 0.05) is 27.2 Å². The summed E-state index contributed by atoms with van der Waals surface area (Å²) in [7, 11) is 0. The SMILES string of the molecule is Cc1ccc(O)c(C=Nc2nc(-c3ccc(Br)cc3)cs2)c1. The number of aromatic nitrogens is 1. The Labute approximate surface area is 141 Å². The highest BCUT2D eigenvalue weighted by atomic mass is 79.9. The molecule has 0 radical (unpaired) electrons. The van der Waals surface area contributed by atoms with Gasteiger partial charge < -0.3 is 5.11 Å². The van der Waals surface area contributed by atoms with E-state index in [0.29, 0.717) is 10.7 Å². The fraction of sp³-hybridized carbons (Fsp3) is 0.0588. The molecule has 0 bridgehead atoms. The fourth-order valence-corrected chi connectivity index (χ4v) is 2.91. The van der Waals surface area contributed by atoms with Crippen molar-refractivity contribution in [3.8, 4) is 17.0 Å². The van der Waals surface area contributed by atoms with Crippen LogP contribution in [0.25, 0.3) is 11.3 Å². The molecule has 0 aliphatic carbocycles. The van der Waals surface area contributed by atoms with Crippen molar-refractivity contribution >= 4 is 38.6 Å². The Morgan fingerprint density at radius 2 is 1.95 bits per heavy atom. The minimum absolute atomic E-state index is 0.221. The van der Waals surface area contributed by atoms with Gasteiger partial charge in [-0.3, -0.25) is 0 Å². The van der Waals surface area contributed by atoms with Crippen LogP contribution in [0.5, 0.6) is 5.75 Å². The van der Waals surface area contributed by atoms with Gasteiger partial charge in [0.1, 0.15) is 5.75 Å². The highest BCUT2D eigenvalue weighted by molar-refractivity contribution is 9.10. The van der Waals surface area contributed by atoms with Crippen LogP contribution in [0.4, 0.5) is 5.13 Å². The van der Waals surface area contributed by atoms with Crippen LogP contribution in [0.2, 0.25) is 0 Å². The average molecular weight is 373 g/mol. The lowest BCUT2D eigenvalue weighted by Gasteiger charge is -1.99. The maximum Gasteiger partial charge on any atom is 0.209 e. The number of phenols is 1. The first-order valence-electron chi connectivity index (χ1n) is 6.67. The second-order valence-electron chi connectivity index (χ2n) is 4.84. The molecule has 0 spiro atoms. The van der Waals surface area contributed by atoms with E-state index in [1.807, 2.05) is 48.7 Å². The Morgan fingerprint density at radius 3 is 2.73 bits per heavy atom. The standard InChI is InChI=1S/C17H13BrN2OS/c1-11-2-7-16(21)13(8-11)9-19-17-20-15(10-22-17)12-3-5-14(18)6-4-12/h2-10,21H,1H3. The van der Waals surface area contributed by atoms with Gasteiger partial charge in [-0.05, 0) is 31.2 Å². The highest BCUT2D eigenvalue weighted by Crippen LogP contribution is 2.28. The summed E-state index contributed by atoms with van der Waals surface area (Å²) in [5.74, 6) is 0.221. The molecule has 1 N–H and O–H groups in total. The number of benzene rings is 2. The normalized spacial score (nSPS) is 11.2. The van der Waals surface area contributed by atoms with Gasteiger partial charge in [-0.25, -0.2) is 9.98 Å². The number of thiazole rings is 1. The third-order valence-corrected chi connectivity index (χ3v) is 4.41. The molecule has 0 saturated heterocycles. The third-order valence-electron chi connectivity index (χ3n) is 3.13. The number of nitrogens with zero attached hydrogens (tertiary/aromatic N) is 2. The molecular formula is C17H13BrN2OS. The fourth-order valence-electron chi connectivity index (χ4n) is 1.98. The first-order chi connectivity index (χ1) is 10.6. The van der Waals surface area contributed by atoms with E-state index in [4.69, 9.17) is 0 Å².